The van der Waals surface area contributed by atoms with E-state index >= 15 is 4.79 Å². The molecule has 15 atom stereocenters. The molecule has 2 aromatic rings. The maximum atomic E-state index is 15.1. The van der Waals surface area contributed by atoms with Crippen LogP contribution in [0.1, 0.15) is 234 Å². The van der Waals surface area contributed by atoms with Gasteiger partial charge in [0.05, 0.1) is 207 Å². The lowest BCUT2D eigenvalue weighted by molar-refractivity contribution is -0.869. The van der Waals surface area contributed by atoms with Crippen LogP contribution in [0.2, 0.25) is 0 Å². The van der Waals surface area contributed by atoms with E-state index in [9.17, 15) is 53.1 Å². The number of likely N-dealkylation sites (tertiary alicyclic amines) is 1. The van der Waals surface area contributed by atoms with Crippen LogP contribution in [-0.2, 0) is 123 Å². The molecule has 9 N–H and O–H groups in total. The second-order valence-corrected chi connectivity index (χ2v) is 39.0. The van der Waals surface area contributed by atoms with Gasteiger partial charge in [-0.2, -0.15) is 0 Å². The third-order valence-electron chi connectivity index (χ3n) is 25.5. The quantitative estimate of drug-likeness (QED) is 0.0212. The molecule has 804 valence electrons. The maximum absolute atomic E-state index is 15.1. The fourth-order valence-corrected chi connectivity index (χ4v) is 17.0. The smallest absolute Gasteiger partial charge is 0.246 e. The zero-order valence-corrected chi connectivity index (χ0v) is 88.4. The van der Waals surface area contributed by atoms with Crippen molar-refractivity contribution in [1.82, 2.24) is 72.2 Å². The summed E-state index contributed by atoms with van der Waals surface area (Å²) in [6.45, 7) is 29.0. The van der Waals surface area contributed by atoms with Crippen LogP contribution in [0, 0.1) is 41.9 Å². The highest BCUT2D eigenvalue weighted by Crippen LogP contribution is 2.33. The molecule has 1 aromatic carbocycles. The Bertz CT molecular complexity index is 3950. The molecule has 0 radical (unpaired) electrons. The van der Waals surface area contributed by atoms with E-state index in [0.717, 1.165) is 74.5 Å². The molecule has 39 nitrogen and oxygen atoms in total. The number of rotatable bonds is 77. The van der Waals surface area contributed by atoms with Crippen molar-refractivity contribution in [2.24, 2.45) is 29.6 Å². The van der Waals surface area contributed by atoms with E-state index in [1.54, 1.807) is 84.4 Å². The molecule has 2 aliphatic rings. The molecule has 39 heteroatoms. The van der Waals surface area contributed by atoms with Gasteiger partial charge < -0.3 is 124 Å². The number of aromatic nitrogens is 3. The fraction of sp³-hybridized carbons (Fsp3) is 0.794. The van der Waals surface area contributed by atoms with Gasteiger partial charge in [0.25, 0.3) is 0 Å². The number of carbonyl (C=O) groups is 11. The summed E-state index contributed by atoms with van der Waals surface area (Å²) in [5.41, 5.74) is 2.31. The van der Waals surface area contributed by atoms with Gasteiger partial charge in [-0.25, -0.2) is 4.68 Å². The minimum Gasteiger partial charge on any atom is -0.386 e. The molecule has 4 rings (SSSR count). The van der Waals surface area contributed by atoms with Crippen LogP contribution in [-0.4, -0.2) is 372 Å². The van der Waals surface area contributed by atoms with Gasteiger partial charge in [-0.3, -0.25) is 52.7 Å². The van der Waals surface area contributed by atoms with E-state index in [-0.39, 0.29) is 100 Å². The largest absolute Gasteiger partial charge is 0.386 e. The molecule has 0 saturated carbocycles. The molecule has 141 heavy (non-hydrogen) atoms. The number of aliphatic hydroxyl groups excluding tert-OH is 1. The van der Waals surface area contributed by atoms with Crippen molar-refractivity contribution in [3.8, 4) is 12.3 Å². The Labute approximate surface area is 839 Å². The average Bonchev–Trinajstić information content (AvgIpc) is 1.69. The van der Waals surface area contributed by atoms with E-state index in [1.807, 2.05) is 43.7 Å². The number of hydrogen-bond donors (Lipinski definition) is 9. The lowest BCUT2D eigenvalue weighted by Crippen LogP contribution is -2.62. The molecular formula is C102H178N15O24+. The number of nitrogens with one attached hydrogen (secondary N) is 8. The lowest BCUT2D eigenvalue weighted by atomic mass is 9.89. The van der Waals surface area contributed by atoms with Gasteiger partial charge in [0.2, 0.25) is 65.0 Å². The first kappa shape index (κ1) is 125. The van der Waals surface area contributed by atoms with Crippen LogP contribution in [0.5, 0.6) is 0 Å². The van der Waals surface area contributed by atoms with Crippen molar-refractivity contribution >= 4 is 65.0 Å². The van der Waals surface area contributed by atoms with Gasteiger partial charge in [0.1, 0.15) is 55.2 Å². The highest BCUT2D eigenvalue weighted by atomic mass is 16.6. The SMILES string of the molecule is C#CCCCCCC(C)OCC(=O)NCCOCCOCCOCCOCCC(=O)N[C@H](CCCCCNC(=O)COC1CCCCCc2c1nnn2CCOCCOCCOCCOCCC(=O)NCC[N+](C)(C)C)C(=O)N[C@H](C(=O)N[C@@H](C)C(=O)N(C)[C@H](C(=O)N[C@H](C(=O)N(C)[C@@H]([C@@H](C)CC)[C@@H](CC(=O)N1CCC[C@H]1[C@H](OC)[C@@H](C)C(=O)N[C@H](C)[C@@H](O)c1ccccc1)OC)C(C)C)C(C)C)C(C)C. The molecular weight excluding hydrogens is 1820 g/mol. The monoisotopic (exact) mass is 2000 g/mol. The summed E-state index contributed by atoms with van der Waals surface area (Å²) in [5, 5.41) is 43.1. The second kappa shape index (κ2) is 71.1. The summed E-state index contributed by atoms with van der Waals surface area (Å²) >= 11 is 0. The van der Waals surface area contributed by atoms with Crippen LogP contribution in [0.15, 0.2) is 30.3 Å². The van der Waals surface area contributed by atoms with E-state index in [2.05, 4.69) is 79.9 Å². The number of aliphatic hydroxyl groups is 1. The third-order valence-corrected chi connectivity index (χ3v) is 25.5. The molecule has 1 aliphatic carbocycles. The maximum Gasteiger partial charge on any atom is 0.246 e. The Morgan fingerprint density at radius 3 is 1.71 bits per heavy atom. The minimum absolute atomic E-state index is 0.00478. The van der Waals surface area contributed by atoms with Crippen molar-refractivity contribution in [2.75, 3.05) is 201 Å². The summed E-state index contributed by atoms with van der Waals surface area (Å²) in [5.74, 6) is -4.55. The number of benzene rings is 1. The Balaban J connectivity index is 1.34. The van der Waals surface area contributed by atoms with Crippen molar-refractivity contribution in [3.05, 3.63) is 47.3 Å². The second-order valence-electron chi connectivity index (χ2n) is 39.0. The molecule has 2 heterocycles. The standard InChI is InChI=1S/C102H177N15O24/c1-21-23-24-25-29-37-75(10)140-69-87(120)105-48-54-134-58-62-138-66-64-137-61-57-133-53-45-86(119)108-80(40-32-28-35-46-103-88(121)70-141-83-43-34-27-33-41-81-92(83)111-112-116(81)50-55-135-59-63-139-67-65-136-60-56-132-52-44-85(118)104-47-51-117(16,17)18)98(125)109-90(71(3)4)99(126)107-78(13)101(128)113(14)93(73(7)8)100(127)110-91(72(5)6)102(129)114(15)94(74(9)22-2)84(130-19)68-89(122)115-49-36-42-82(115)96(131-20)76(11)97(124)106-77(12)95(123)79-38-30-26-31-39-79/h1,26,30-31,38-39,71-78,80,82-84,90-91,93-96,123H,22-25,27-29,32-37,40-70H2,2-20H3,(H7-,103,104,105,106,107,108,109,110,118,119,120,121,124,125,126,127)/p+1/t74-,75?,76+,77+,78-,80+,82-,83?,84+,90-,91-,93-,94-,95+,96+/m0/s1. The fourth-order valence-electron chi connectivity index (χ4n) is 17.0. The Hall–Kier alpha value is -8.47. The van der Waals surface area contributed by atoms with Crippen molar-refractivity contribution < 1.29 is 119 Å². The number of nitrogens with zero attached hydrogens (tertiary/aromatic N) is 7. The first-order valence-corrected chi connectivity index (χ1v) is 51.3. The van der Waals surface area contributed by atoms with Crippen molar-refractivity contribution in [3.63, 3.8) is 0 Å². The molecule has 0 spiro atoms. The molecule has 1 saturated heterocycles. The number of fused-ring (bicyclic) bond motifs is 1. The molecule has 1 aromatic heterocycles. The van der Waals surface area contributed by atoms with Crippen molar-refractivity contribution in [1.29, 1.82) is 0 Å². The lowest BCUT2D eigenvalue weighted by Gasteiger charge is -2.41. The number of methoxy groups -OCH3 is 2. The third kappa shape index (κ3) is 48.9. The van der Waals surface area contributed by atoms with E-state index in [0.29, 0.717) is 175 Å². The zero-order chi connectivity index (χ0) is 104. The number of quaternary nitrogens is 1. The normalized spacial score (nSPS) is 16.8. The minimum atomic E-state index is -1.25. The highest BCUT2D eigenvalue weighted by Gasteiger charge is 2.45. The summed E-state index contributed by atoms with van der Waals surface area (Å²) in [4.78, 5) is 158. The number of amides is 11. The molecule has 11 amide bonds. The van der Waals surface area contributed by atoms with E-state index in [4.69, 9.17) is 63.3 Å². The average molecular weight is 2000 g/mol. The number of ether oxygens (including phenoxy) is 12. The predicted octanol–water partition coefficient (Wildman–Crippen LogP) is 5.88. The molecule has 1 fully saturated rings. The summed E-state index contributed by atoms with van der Waals surface area (Å²) in [6, 6.07) is 1.42. The van der Waals surface area contributed by atoms with E-state index < -0.39 is 132 Å². The van der Waals surface area contributed by atoms with Gasteiger partial charge in [-0.15, -0.1) is 17.4 Å². The Morgan fingerprint density at radius 2 is 1.12 bits per heavy atom. The number of hydrogen-bond acceptors (Lipinski definition) is 26. The van der Waals surface area contributed by atoms with Gasteiger partial charge in [-0.05, 0) is 108 Å². The van der Waals surface area contributed by atoms with Gasteiger partial charge in [0, 0.05) is 67.2 Å². The number of likely N-dealkylation sites (N-methyl/N-ethyl adjacent to an activating group) is 3. The summed E-state index contributed by atoms with van der Waals surface area (Å²) < 4.78 is 72.0. The summed E-state index contributed by atoms with van der Waals surface area (Å²) in [6.07, 6.45) is 14.7. The van der Waals surface area contributed by atoms with Crippen LogP contribution >= 0.6 is 0 Å². The topological polar surface area (TPSA) is 455 Å². The first-order valence-electron chi connectivity index (χ1n) is 51.3. The molecule has 2 unspecified atom stereocenters. The van der Waals surface area contributed by atoms with Gasteiger partial charge in [-0.1, -0.05) is 143 Å². The van der Waals surface area contributed by atoms with Gasteiger partial charge in [0.15, 0.2) is 0 Å². The van der Waals surface area contributed by atoms with Gasteiger partial charge >= 0.3 is 0 Å². The predicted molar refractivity (Wildman–Crippen MR) is 534 cm³/mol. The molecule has 1 aliphatic heterocycles. The zero-order valence-electron chi connectivity index (χ0n) is 88.4. The number of unbranched alkanes of at least 4 members (excludes halogenated alkanes) is 5. The Kier molecular flexibility index (Phi) is 62.9. The van der Waals surface area contributed by atoms with Crippen LogP contribution in [0.3, 0.4) is 0 Å². The Morgan fingerprint density at radius 1 is 0.553 bits per heavy atom. The summed E-state index contributed by atoms with van der Waals surface area (Å²) in [7, 11) is 12.3. The van der Waals surface area contributed by atoms with Crippen LogP contribution in [0.4, 0.5) is 0 Å². The van der Waals surface area contributed by atoms with Crippen LogP contribution in [0.25, 0.3) is 0 Å². The van der Waals surface area contributed by atoms with E-state index in [1.165, 1.54) is 33.1 Å². The highest BCUT2D eigenvalue weighted by molar-refractivity contribution is 5.96. The van der Waals surface area contributed by atoms with Crippen molar-refractivity contribution in [2.45, 2.75) is 297 Å². The number of carbonyl (C=O) groups excluding carboxylic acids is 11. The van der Waals surface area contributed by atoms with Crippen LogP contribution < -0.4 is 42.5 Å². The molecule has 0 bridgehead atoms. The number of terminal acetylenes is 1. The first-order chi connectivity index (χ1) is 67.4.